The smallest absolute Gasteiger partial charge is 0.352 e. The molecule has 1 heterocycles. The highest BCUT2D eigenvalue weighted by Gasteiger charge is 2.32. The van der Waals surface area contributed by atoms with Gasteiger partial charge in [0.05, 0.1) is 12.6 Å². The van der Waals surface area contributed by atoms with Gasteiger partial charge in [0.2, 0.25) is 0 Å². The maximum absolute atomic E-state index is 11.1. The number of hydrogen-bond acceptors (Lipinski definition) is 5. The number of carbonyl (C=O) groups is 2. The molecule has 1 aromatic carbocycles. The first kappa shape index (κ1) is 15.0. The van der Waals surface area contributed by atoms with E-state index in [1.807, 2.05) is 30.3 Å². The van der Waals surface area contributed by atoms with Gasteiger partial charge >= 0.3 is 11.9 Å². The number of carboxylic acid groups (broad SMARTS) is 2. The van der Waals surface area contributed by atoms with E-state index in [4.69, 9.17) is 15.9 Å². The lowest BCUT2D eigenvalue weighted by atomic mass is 10.0. The monoisotopic (exact) mass is 291 g/mol. The van der Waals surface area contributed by atoms with Crippen molar-refractivity contribution in [3.8, 4) is 0 Å². The summed E-state index contributed by atoms with van der Waals surface area (Å²) < 4.78 is 0. The lowest BCUT2D eigenvalue weighted by molar-refractivity contribution is -0.139. The summed E-state index contributed by atoms with van der Waals surface area (Å²) in [5, 5.41) is 23.6. The number of rotatable bonds is 6. The van der Waals surface area contributed by atoms with Gasteiger partial charge < -0.3 is 15.9 Å². The summed E-state index contributed by atoms with van der Waals surface area (Å²) in [7, 11) is 0. The van der Waals surface area contributed by atoms with Crippen molar-refractivity contribution < 1.29 is 19.8 Å². The highest BCUT2D eigenvalue weighted by molar-refractivity contribution is 6.36. The van der Waals surface area contributed by atoms with Crippen molar-refractivity contribution in [2.45, 2.75) is 31.5 Å². The van der Waals surface area contributed by atoms with Crippen molar-refractivity contribution in [2.75, 3.05) is 0 Å². The lowest BCUT2D eigenvalue weighted by Gasteiger charge is -2.24. The number of carboxylic acids is 2. The van der Waals surface area contributed by atoms with Crippen molar-refractivity contribution in [1.82, 2.24) is 5.01 Å². The molecule has 0 bridgehead atoms. The standard InChI is InChI=1S/C14H17N3O4/c15-11(13(18)19)6-10-7-12(14(20)21)16-17(10)8-9-4-2-1-3-5-9/h1-5,10-11H,6-8,15H2,(H,18,19)(H,20,21)/t10-,11+/m0/s1. The van der Waals surface area contributed by atoms with E-state index >= 15 is 0 Å². The molecule has 2 rings (SSSR count). The highest BCUT2D eigenvalue weighted by Crippen LogP contribution is 2.22. The van der Waals surface area contributed by atoms with Gasteiger partial charge in [0.25, 0.3) is 0 Å². The van der Waals surface area contributed by atoms with Crippen LogP contribution in [0.3, 0.4) is 0 Å². The van der Waals surface area contributed by atoms with Crippen molar-refractivity contribution in [3.63, 3.8) is 0 Å². The Bertz CT molecular complexity index is 559. The highest BCUT2D eigenvalue weighted by atomic mass is 16.4. The van der Waals surface area contributed by atoms with Gasteiger partial charge in [-0.1, -0.05) is 30.3 Å². The minimum Gasteiger partial charge on any atom is -0.480 e. The molecule has 7 heteroatoms. The number of nitrogens with two attached hydrogens (primary N) is 1. The number of nitrogens with zero attached hydrogens (tertiary/aromatic N) is 2. The van der Waals surface area contributed by atoms with Crippen LogP contribution in [-0.2, 0) is 16.1 Å². The molecule has 0 fully saturated rings. The van der Waals surface area contributed by atoms with E-state index in [2.05, 4.69) is 5.10 Å². The summed E-state index contributed by atoms with van der Waals surface area (Å²) >= 11 is 0. The maximum atomic E-state index is 11.1. The summed E-state index contributed by atoms with van der Waals surface area (Å²) in [6.07, 6.45) is 0.353. The summed E-state index contributed by atoms with van der Waals surface area (Å²) in [6.45, 7) is 0.425. The minimum atomic E-state index is -1.10. The predicted octanol–water partition coefficient (Wildman–Crippen LogP) is 0.503. The van der Waals surface area contributed by atoms with Crippen molar-refractivity contribution >= 4 is 17.7 Å². The van der Waals surface area contributed by atoms with Gasteiger partial charge in [0, 0.05) is 6.42 Å². The molecule has 1 aromatic rings. The van der Waals surface area contributed by atoms with Gasteiger partial charge in [-0.2, -0.15) is 5.10 Å². The van der Waals surface area contributed by atoms with Gasteiger partial charge in [0.15, 0.2) is 0 Å². The molecular formula is C14H17N3O4. The molecule has 0 aromatic heterocycles. The minimum absolute atomic E-state index is 0.0357. The Balaban J connectivity index is 2.12. The molecule has 0 radical (unpaired) electrons. The number of hydrazone groups is 1. The Morgan fingerprint density at radius 2 is 2.00 bits per heavy atom. The largest absolute Gasteiger partial charge is 0.480 e. The van der Waals surface area contributed by atoms with E-state index in [-0.39, 0.29) is 24.6 Å². The van der Waals surface area contributed by atoms with Crippen LogP contribution in [0, 0.1) is 0 Å². The van der Waals surface area contributed by atoms with Gasteiger partial charge in [-0.05, 0) is 12.0 Å². The third-order valence-electron chi connectivity index (χ3n) is 3.38. The fourth-order valence-corrected chi connectivity index (χ4v) is 2.27. The molecule has 0 aliphatic carbocycles. The van der Waals surface area contributed by atoms with Gasteiger partial charge in [0.1, 0.15) is 11.8 Å². The van der Waals surface area contributed by atoms with Crippen LogP contribution < -0.4 is 5.73 Å². The van der Waals surface area contributed by atoms with E-state index < -0.39 is 18.0 Å². The number of benzene rings is 1. The Labute approximate surface area is 121 Å². The molecular weight excluding hydrogens is 274 g/mol. The molecule has 7 nitrogen and oxygen atoms in total. The molecule has 4 N–H and O–H groups in total. The molecule has 0 unspecified atom stereocenters. The number of hydrogen-bond donors (Lipinski definition) is 3. The van der Waals surface area contributed by atoms with Crippen LogP contribution in [0.1, 0.15) is 18.4 Å². The zero-order valence-electron chi connectivity index (χ0n) is 11.3. The predicted molar refractivity (Wildman–Crippen MR) is 75.7 cm³/mol. The summed E-state index contributed by atoms with van der Waals surface area (Å²) in [5.41, 5.74) is 6.56. The summed E-state index contributed by atoms with van der Waals surface area (Å²) in [6, 6.07) is 8.11. The van der Waals surface area contributed by atoms with Crippen LogP contribution in [0.15, 0.2) is 35.4 Å². The second kappa shape index (κ2) is 6.36. The third-order valence-corrected chi connectivity index (χ3v) is 3.38. The Hall–Kier alpha value is -2.41. The van der Waals surface area contributed by atoms with Gasteiger partial charge in [-0.15, -0.1) is 0 Å². The second-order valence-corrected chi connectivity index (χ2v) is 4.97. The zero-order chi connectivity index (χ0) is 15.4. The van der Waals surface area contributed by atoms with Crippen molar-refractivity contribution in [1.29, 1.82) is 0 Å². The van der Waals surface area contributed by atoms with Crippen LogP contribution in [0.2, 0.25) is 0 Å². The van der Waals surface area contributed by atoms with Crippen molar-refractivity contribution in [3.05, 3.63) is 35.9 Å². The van der Waals surface area contributed by atoms with Crippen LogP contribution >= 0.6 is 0 Å². The van der Waals surface area contributed by atoms with E-state index in [1.54, 1.807) is 5.01 Å². The molecule has 0 spiro atoms. The molecule has 21 heavy (non-hydrogen) atoms. The molecule has 0 saturated carbocycles. The molecule has 0 amide bonds. The number of aliphatic carboxylic acids is 2. The average molecular weight is 291 g/mol. The molecule has 2 atom stereocenters. The summed E-state index contributed by atoms with van der Waals surface area (Å²) in [5.74, 6) is -2.18. The van der Waals surface area contributed by atoms with E-state index in [9.17, 15) is 9.59 Å². The maximum Gasteiger partial charge on any atom is 0.352 e. The van der Waals surface area contributed by atoms with E-state index in [0.29, 0.717) is 6.54 Å². The summed E-state index contributed by atoms with van der Waals surface area (Å²) in [4.78, 5) is 21.9. The Morgan fingerprint density at radius 1 is 1.33 bits per heavy atom. The van der Waals surface area contributed by atoms with Crippen LogP contribution in [0.5, 0.6) is 0 Å². The van der Waals surface area contributed by atoms with Crippen LogP contribution in [0.25, 0.3) is 0 Å². The normalized spacial score (nSPS) is 19.2. The fraction of sp³-hybridized carbons (Fsp3) is 0.357. The van der Waals surface area contributed by atoms with Crippen LogP contribution in [-0.4, -0.2) is 45.0 Å². The Kier molecular flexibility index (Phi) is 4.54. The SMILES string of the molecule is N[C@H](C[C@H]1CC(C(=O)O)=NN1Cc1ccccc1)C(=O)O. The van der Waals surface area contributed by atoms with Crippen LogP contribution in [0.4, 0.5) is 0 Å². The second-order valence-electron chi connectivity index (χ2n) is 4.97. The van der Waals surface area contributed by atoms with Gasteiger partial charge in [-0.3, -0.25) is 9.80 Å². The molecule has 1 aliphatic heterocycles. The quantitative estimate of drug-likeness (QED) is 0.703. The first-order valence-corrected chi connectivity index (χ1v) is 6.57. The molecule has 112 valence electrons. The Morgan fingerprint density at radius 3 is 2.57 bits per heavy atom. The molecule has 1 aliphatic rings. The lowest BCUT2D eigenvalue weighted by Crippen LogP contribution is -2.38. The average Bonchev–Trinajstić information content (AvgIpc) is 2.83. The first-order chi connectivity index (χ1) is 9.97. The van der Waals surface area contributed by atoms with Gasteiger partial charge in [-0.25, -0.2) is 4.79 Å². The van der Waals surface area contributed by atoms with E-state index in [0.717, 1.165) is 5.56 Å². The first-order valence-electron chi connectivity index (χ1n) is 6.57. The van der Waals surface area contributed by atoms with Crippen molar-refractivity contribution in [2.24, 2.45) is 10.8 Å². The fourth-order valence-electron chi connectivity index (χ4n) is 2.27. The zero-order valence-corrected chi connectivity index (χ0v) is 11.3. The molecule has 0 saturated heterocycles. The topological polar surface area (TPSA) is 116 Å². The third kappa shape index (κ3) is 3.79. The van der Waals surface area contributed by atoms with E-state index in [1.165, 1.54) is 0 Å².